The number of quaternary nitrogens is 1. The van der Waals surface area contributed by atoms with E-state index in [9.17, 15) is 19.0 Å². The van der Waals surface area contributed by atoms with Crippen LogP contribution in [-0.2, 0) is 32.7 Å². The van der Waals surface area contributed by atoms with Crippen LogP contribution >= 0.6 is 7.82 Å². The maximum atomic E-state index is 12.6. The molecule has 0 aliphatic rings. The Balaban J connectivity index is 4.44. The molecule has 0 aromatic carbocycles. The van der Waals surface area contributed by atoms with Crippen molar-refractivity contribution in [1.29, 1.82) is 0 Å². The number of ether oxygens (including phenoxy) is 2. The molecule has 0 saturated heterocycles. The van der Waals surface area contributed by atoms with Crippen molar-refractivity contribution in [3.63, 3.8) is 0 Å². The van der Waals surface area contributed by atoms with Crippen molar-refractivity contribution in [3.8, 4) is 0 Å². The molecule has 0 radical (unpaired) electrons. The summed E-state index contributed by atoms with van der Waals surface area (Å²) in [7, 11) is 1.15. The van der Waals surface area contributed by atoms with Crippen LogP contribution in [0.5, 0.6) is 0 Å². The third kappa shape index (κ3) is 36.3. The Morgan fingerprint density at radius 1 is 0.600 bits per heavy atom. The SMILES string of the molecule is CCCC/C=C/CCCCCCCC(=O)OC[C@H](COP(=O)([O-])OCC[N+](C)(C)C)OC(=O)CCCCC/C=C/CCCCCCCCCC. The highest BCUT2D eigenvalue weighted by atomic mass is 31.2. The molecule has 2 atom stereocenters. The first-order valence-electron chi connectivity index (χ1n) is 20.0. The lowest BCUT2D eigenvalue weighted by atomic mass is 10.1. The smallest absolute Gasteiger partial charge is 0.306 e. The molecule has 0 aromatic heterocycles. The monoisotopic (exact) mass is 730 g/mol. The van der Waals surface area contributed by atoms with E-state index < -0.39 is 32.5 Å². The van der Waals surface area contributed by atoms with Gasteiger partial charge in [0.1, 0.15) is 19.8 Å². The van der Waals surface area contributed by atoms with E-state index in [-0.39, 0.29) is 26.1 Å². The fourth-order valence-corrected chi connectivity index (χ4v) is 5.95. The van der Waals surface area contributed by atoms with Crippen molar-refractivity contribution in [3.05, 3.63) is 24.3 Å². The standard InChI is InChI=1S/C40H76NO8P/c1-6-8-10-12-14-16-18-19-20-21-23-25-27-29-31-33-40(43)49-38(37-48-50(44,45)47-35-34-41(3,4)5)36-46-39(42)32-30-28-26-24-22-17-15-13-11-9-7-2/h13,15,21,23,38H,6-12,14,16-20,22,24-37H2,1-5H3/b15-13+,23-21+/t38-/m1/s1. The predicted molar refractivity (Wildman–Crippen MR) is 204 cm³/mol. The van der Waals surface area contributed by atoms with Gasteiger partial charge in [-0.15, -0.1) is 0 Å². The van der Waals surface area contributed by atoms with Crippen LogP contribution in [0.3, 0.4) is 0 Å². The second-order valence-electron chi connectivity index (χ2n) is 14.6. The predicted octanol–water partition coefficient (Wildman–Crippen LogP) is 10.2. The van der Waals surface area contributed by atoms with Crippen LogP contribution in [0.25, 0.3) is 0 Å². The lowest BCUT2D eigenvalue weighted by molar-refractivity contribution is -0.870. The van der Waals surface area contributed by atoms with Gasteiger partial charge in [0.2, 0.25) is 0 Å². The molecule has 0 aliphatic heterocycles. The maximum Gasteiger partial charge on any atom is 0.306 e. The van der Waals surface area contributed by atoms with E-state index >= 15 is 0 Å². The average molecular weight is 730 g/mol. The topological polar surface area (TPSA) is 111 Å². The number of phosphoric ester groups is 1. The molecule has 0 heterocycles. The van der Waals surface area contributed by atoms with Crippen molar-refractivity contribution in [2.45, 2.75) is 174 Å². The van der Waals surface area contributed by atoms with Gasteiger partial charge in [0.05, 0.1) is 27.7 Å². The fraction of sp³-hybridized carbons (Fsp3) is 0.850. The molecule has 0 fully saturated rings. The lowest BCUT2D eigenvalue weighted by Gasteiger charge is -2.28. The highest BCUT2D eigenvalue weighted by molar-refractivity contribution is 7.45. The molecule has 0 spiro atoms. The van der Waals surface area contributed by atoms with Gasteiger partial charge in [-0.3, -0.25) is 14.2 Å². The summed E-state index contributed by atoms with van der Waals surface area (Å²) in [6, 6.07) is 0. The number of carbonyl (C=O) groups excluding carboxylic acids is 2. The summed E-state index contributed by atoms with van der Waals surface area (Å²) in [5, 5.41) is 0. The fourth-order valence-electron chi connectivity index (χ4n) is 5.22. The summed E-state index contributed by atoms with van der Waals surface area (Å²) in [4.78, 5) is 37.3. The molecule has 0 bridgehead atoms. The first kappa shape index (κ1) is 48.5. The third-order valence-electron chi connectivity index (χ3n) is 8.44. The molecule has 0 amide bonds. The van der Waals surface area contributed by atoms with Gasteiger partial charge < -0.3 is 27.9 Å². The quantitative estimate of drug-likeness (QED) is 0.0206. The van der Waals surface area contributed by atoms with E-state index in [0.29, 0.717) is 17.4 Å². The van der Waals surface area contributed by atoms with E-state index in [1.807, 2.05) is 21.1 Å². The number of phosphoric acid groups is 1. The number of allylic oxidation sites excluding steroid dienone is 4. The molecule has 9 nitrogen and oxygen atoms in total. The number of carbonyl (C=O) groups is 2. The van der Waals surface area contributed by atoms with Gasteiger partial charge in [-0.2, -0.15) is 0 Å². The second kappa shape index (κ2) is 33.3. The van der Waals surface area contributed by atoms with Crippen LogP contribution in [0.2, 0.25) is 0 Å². The zero-order valence-corrected chi connectivity index (χ0v) is 33.7. The van der Waals surface area contributed by atoms with Gasteiger partial charge in [-0.25, -0.2) is 0 Å². The number of rotatable bonds is 36. The Morgan fingerprint density at radius 2 is 1.04 bits per heavy atom. The van der Waals surface area contributed by atoms with Crippen LogP contribution in [0.15, 0.2) is 24.3 Å². The summed E-state index contributed by atoms with van der Waals surface area (Å²) >= 11 is 0. The summed E-state index contributed by atoms with van der Waals surface area (Å²) in [6.45, 7) is 4.15. The Bertz CT molecular complexity index is 918. The Labute approximate surface area is 307 Å². The van der Waals surface area contributed by atoms with Gasteiger partial charge in [0, 0.05) is 12.8 Å². The molecule has 50 heavy (non-hydrogen) atoms. The summed E-state index contributed by atoms with van der Waals surface area (Å²) in [6.07, 6.45) is 33.5. The first-order chi connectivity index (χ1) is 24.0. The number of esters is 2. The maximum absolute atomic E-state index is 12.6. The van der Waals surface area contributed by atoms with E-state index in [0.717, 1.165) is 70.6 Å². The number of hydrogen-bond acceptors (Lipinski definition) is 8. The minimum Gasteiger partial charge on any atom is -0.756 e. The third-order valence-corrected chi connectivity index (χ3v) is 9.41. The van der Waals surface area contributed by atoms with Crippen molar-refractivity contribution >= 4 is 19.8 Å². The molecular formula is C40H76NO8P. The molecule has 10 heteroatoms. The van der Waals surface area contributed by atoms with Crippen LogP contribution in [0, 0.1) is 0 Å². The minimum atomic E-state index is -4.62. The molecule has 0 rings (SSSR count). The molecule has 1 unspecified atom stereocenters. The number of nitrogens with zero attached hydrogens (tertiary/aromatic N) is 1. The lowest BCUT2D eigenvalue weighted by Crippen LogP contribution is -2.37. The van der Waals surface area contributed by atoms with E-state index in [1.165, 1.54) is 64.2 Å². The van der Waals surface area contributed by atoms with E-state index in [1.54, 1.807) is 0 Å². The molecule has 0 saturated carbocycles. The highest BCUT2D eigenvalue weighted by Crippen LogP contribution is 2.38. The van der Waals surface area contributed by atoms with Gasteiger partial charge in [0.15, 0.2) is 6.10 Å². The average Bonchev–Trinajstić information content (AvgIpc) is 3.06. The van der Waals surface area contributed by atoms with Crippen LogP contribution in [0.4, 0.5) is 0 Å². The Morgan fingerprint density at radius 3 is 1.56 bits per heavy atom. The van der Waals surface area contributed by atoms with Crippen molar-refractivity contribution < 1.29 is 42.1 Å². The first-order valence-corrected chi connectivity index (χ1v) is 21.5. The highest BCUT2D eigenvalue weighted by Gasteiger charge is 2.21. The summed E-state index contributed by atoms with van der Waals surface area (Å²) in [5.74, 6) is -0.864. The molecular weight excluding hydrogens is 653 g/mol. The number of unbranched alkanes of at least 4 members (excludes halogenated alkanes) is 18. The normalized spacial score (nSPS) is 14.0. The number of hydrogen-bond donors (Lipinski definition) is 0. The molecule has 0 aromatic rings. The van der Waals surface area contributed by atoms with Crippen LogP contribution in [0.1, 0.15) is 168 Å². The van der Waals surface area contributed by atoms with E-state index in [4.69, 9.17) is 18.5 Å². The van der Waals surface area contributed by atoms with Crippen molar-refractivity contribution in [1.82, 2.24) is 0 Å². The number of likely N-dealkylation sites (N-methyl/N-ethyl adjacent to an activating group) is 1. The van der Waals surface area contributed by atoms with Crippen molar-refractivity contribution in [2.75, 3.05) is 47.5 Å². The molecule has 0 N–H and O–H groups in total. The largest absolute Gasteiger partial charge is 0.756 e. The van der Waals surface area contributed by atoms with Gasteiger partial charge >= 0.3 is 11.9 Å². The zero-order valence-electron chi connectivity index (χ0n) is 32.8. The second-order valence-corrected chi connectivity index (χ2v) is 16.1. The van der Waals surface area contributed by atoms with Crippen LogP contribution < -0.4 is 4.89 Å². The minimum absolute atomic E-state index is 0.0340. The molecule has 294 valence electrons. The van der Waals surface area contributed by atoms with Crippen LogP contribution in [-0.4, -0.2) is 70.0 Å². The summed E-state index contributed by atoms with van der Waals surface area (Å²) in [5.41, 5.74) is 0. The van der Waals surface area contributed by atoms with Gasteiger partial charge in [-0.05, 0) is 57.8 Å². The summed E-state index contributed by atoms with van der Waals surface area (Å²) < 4.78 is 33.7. The Kier molecular flexibility index (Phi) is 32.3. The molecule has 0 aliphatic carbocycles. The van der Waals surface area contributed by atoms with E-state index in [2.05, 4.69) is 38.2 Å². The zero-order chi connectivity index (χ0) is 37.2. The Hall–Kier alpha value is -1.51. The van der Waals surface area contributed by atoms with Gasteiger partial charge in [-0.1, -0.05) is 122 Å². The van der Waals surface area contributed by atoms with Gasteiger partial charge in [0.25, 0.3) is 7.82 Å². The van der Waals surface area contributed by atoms with Crippen molar-refractivity contribution in [2.24, 2.45) is 0 Å².